The first-order valence-electron chi connectivity index (χ1n) is 19.8. The summed E-state index contributed by atoms with van der Waals surface area (Å²) in [5.74, 6) is 0. The first kappa shape index (κ1) is 40.3. The maximum Gasteiger partial charge on any atom is 0.121 e. The van der Waals surface area contributed by atoms with Gasteiger partial charge < -0.3 is 14.8 Å². The molecule has 3 nitrogen and oxygen atoms in total. The summed E-state index contributed by atoms with van der Waals surface area (Å²) in [6.07, 6.45) is 0. The molecule has 0 spiro atoms. The summed E-state index contributed by atoms with van der Waals surface area (Å²) in [4.78, 5) is 9.38. The molecule has 0 fully saturated rings. The van der Waals surface area contributed by atoms with Crippen LogP contribution in [0.15, 0.2) is 206 Å². The number of fused-ring (bicyclic) bond motifs is 3. The van der Waals surface area contributed by atoms with Crippen molar-refractivity contribution in [2.75, 3.05) is 9.80 Å². The van der Waals surface area contributed by atoms with E-state index in [2.05, 4.69) is 237 Å². The molecular weight excluding hydrogens is 773 g/mol. The number of nitrogens with zero attached hydrogens (tertiary/aromatic N) is 3. The van der Waals surface area contributed by atoms with Gasteiger partial charge >= 0.3 is 0 Å². The van der Waals surface area contributed by atoms with Gasteiger partial charge in [-0.05, 0) is 122 Å². The fourth-order valence-corrected chi connectivity index (χ4v) is 11.0. The largest absolute Gasteiger partial charge is 0.657 e. The van der Waals surface area contributed by atoms with Gasteiger partial charge in [0, 0.05) is 39.8 Å². The Morgan fingerprint density at radius 1 is 0.397 bits per heavy atom. The third-order valence-corrected chi connectivity index (χ3v) is 13.5. The standard InChI is InChI=1S/C41H39N2P.C12H8N.Cu/c1-31(2)44(40-29-32(3)25-27-38(40)42(34-17-9-5-10-18-34)35-19-11-6-12-20-35)41-30-33(4)26-28-39(41)43(36-21-13-7-14-22-36)37-23-15-8-16-24-37;1-3-7-11-9(5-1)10-6-2-4-8-12(10)13-11;/h5-31H,1-4H3;1-8H;/q;-1;/p+1. The van der Waals surface area contributed by atoms with Crippen LogP contribution in [0.25, 0.3) is 21.8 Å². The van der Waals surface area contributed by atoms with Gasteiger partial charge in [0.1, 0.15) is 10.6 Å². The minimum atomic E-state index is -1.32. The number of hydrogen-bond donors (Lipinski definition) is 0. The van der Waals surface area contributed by atoms with Crippen molar-refractivity contribution in [3.05, 3.63) is 217 Å². The normalized spacial score (nSPS) is 10.9. The van der Waals surface area contributed by atoms with Gasteiger partial charge in [0.2, 0.25) is 0 Å². The van der Waals surface area contributed by atoms with Crippen LogP contribution in [0, 0.1) is 13.8 Å². The fourth-order valence-electron chi connectivity index (χ4n) is 7.78. The van der Waals surface area contributed by atoms with Crippen molar-refractivity contribution < 1.29 is 17.1 Å². The van der Waals surface area contributed by atoms with E-state index in [1.165, 1.54) is 43.9 Å². The van der Waals surface area contributed by atoms with E-state index in [1.54, 1.807) is 0 Å². The first-order chi connectivity index (χ1) is 28.0. The van der Waals surface area contributed by atoms with Crippen molar-refractivity contribution in [1.82, 2.24) is 4.98 Å². The van der Waals surface area contributed by atoms with Gasteiger partial charge in [-0.15, -0.1) is 11.0 Å². The van der Waals surface area contributed by atoms with Gasteiger partial charge in [0.05, 0.1) is 25.0 Å². The molecule has 1 heterocycles. The van der Waals surface area contributed by atoms with Crippen LogP contribution in [0.1, 0.15) is 25.0 Å². The van der Waals surface area contributed by atoms with Gasteiger partial charge in [0.15, 0.2) is 0 Å². The molecule has 0 aliphatic rings. The molecule has 0 amide bonds. The Labute approximate surface area is 355 Å². The Morgan fingerprint density at radius 3 is 1.03 bits per heavy atom. The molecule has 0 atom stereocenters. The quantitative estimate of drug-likeness (QED) is 0.107. The first-order valence-corrected chi connectivity index (χ1v) is 21.3. The molecule has 0 unspecified atom stereocenters. The zero-order chi connectivity index (χ0) is 39.1. The van der Waals surface area contributed by atoms with E-state index in [0.29, 0.717) is 5.66 Å². The van der Waals surface area contributed by atoms with Crippen LogP contribution in [0.5, 0.6) is 0 Å². The predicted molar refractivity (Wildman–Crippen MR) is 249 cm³/mol. The maximum atomic E-state index is 4.52. The van der Waals surface area contributed by atoms with Crippen LogP contribution in [0.3, 0.4) is 0 Å². The van der Waals surface area contributed by atoms with E-state index in [1.807, 2.05) is 12.1 Å². The molecule has 9 aromatic rings. The topological polar surface area (TPSA) is 20.6 Å². The van der Waals surface area contributed by atoms with Gasteiger partial charge in [-0.1, -0.05) is 133 Å². The predicted octanol–water partition coefficient (Wildman–Crippen LogP) is 13.8. The van der Waals surface area contributed by atoms with Crippen LogP contribution in [0.4, 0.5) is 34.1 Å². The third-order valence-electron chi connectivity index (χ3n) is 10.3. The van der Waals surface area contributed by atoms with Gasteiger partial charge in [0.25, 0.3) is 0 Å². The summed E-state index contributed by atoms with van der Waals surface area (Å²) in [5.41, 5.74) is 12.3. The second-order valence-electron chi connectivity index (χ2n) is 14.8. The molecule has 1 radical (unpaired) electrons. The minimum Gasteiger partial charge on any atom is -0.657 e. The molecule has 0 saturated heterocycles. The number of hydrogen-bond acceptors (Lipinski definition) is 2. The number of anilines is 6. The Balaban J connectivity index is 0.000000307. The summed E-state index contributed by atoms with van der Waals surface area (Å²) in [5, 5.41) is 5.34. The second-order valence-corrected chi connectivity index (χ2v) is 17.8. The van der Waals surface area contributed by atoms with E-state index in [4.69, 9.17) is 0 Å². The molecule has 291 valence electrons. The molecular formula is C53H48CuN3P. The van der Waals surface area contributed by atoms with Gasteiger partial charge in [-0.25, -0.2) is 0 Å². The summed E-state index contributed by atoms with van der Waals surface area (Å²) in [7, 11) is -1.32. The second kappa shape index (κ2) is 18.6. The summed E-state index contributed by atoms with van der Waals surface area (Å²) in [6, 6.07) is 73.6. The molecule has 1 aromatic heterocycles. The number of aryl methyl sites for hydroxylation is 2. The summed E-state index contributed by atoms with van der Waals surface area (Å²) < 4.78 is 0. The van der Waals surface area contributed by atoms with Crippen LogP contribution in [-0.4, -0.2) is 5.66 Å². The van der Waals surface area contributed by atoms with Crippen LogP contribution < -0.4 is 25.4 Å². The molecule has 0 aliphatic carbocycles. The Hall–Kier alpha value is -5.89. The van der Waals surface area contributed by atoms with E-state index in [0.717, 1.165) is 33.8 Å². The molecule has 0 bridgehead atoms. The van der Waals surface area contributed by atoms with E-state index >= 15 is 0 Å². The zero-order valence-corrected chi connectivity index (χ0v) is 35.3. The van der Waals surface area contributed by atoms with E-state index < -0.39 is 7.92 Å². The number of para-hydroxylation sites is 6. The molecule has 0 N–H and O–H groups in total. The number of aromatic nitrogens is 1. The average Bonchev–Trinajstić information content (AvgIpc) is 3.63. The minimum absolute atomic E-state index is 0. The molecule has 58 heavy (non-hydrogen) atoms. The van der Waals surface area contributed by atoms with Crippen molar-refractivity contribution in [2.45, 2.75) is 33.4 Å². The van der Waals surface area contributed by atoms with E-state index in [9.17, 15) is 0 Å². The summed E-state index contributed by atoms with van der Waals surface area (Å²) >= 11 is 0. The van der Waals surface area contributed by atoms with Crippen molar-refractivity contribution >= 4 is 74.5 Å². The monoisotopic (exact) mass is 820 g/mol. The van der Waals surface area contributed by atoms with Crippen molar-refractivity contribution in [3.8, 4) is 0 Å². The van der Waals surface area contributed by atoms with Crippen LogP contribution >= 0.6 is 7.92 Å². The molecule has 8 aromatic carbocycles. The van der Waals surface area contributed by atoms with Gasteiger partial charge in [-0.2, -0.15) is 0 Å². The van der Waals surface area contributed by atoms with Crippen LogP contribution in [-0.2, 0) is 17.1 Å². The van der Waals surface area contributed by atoms with Gasteiger partial charge in [-0.3, -0.25) is 0 Å². The Kier molecular flexibility index (Phi) is 12.9. The van der Waals surface area contributed by atoms with E-state index in [-0.39, 0.29) is 17.1 Å². The third kappa shape index (κ3) is 8.66. The summed E-state index contributed by atoms with van der Waals surface area (Å²) in [6.45, 7) is 9.24. The number of rotatable bonds is 9. The van der Waals surface area contributed by atoms with Crippen molar-refractivity contribution in [1.29, 1.82) is 0 Å². The molecule has 5 heteroatoms. The zero-order valence-electron chi connectivity index (χ0n) is 33.4. The fraction of sp³-hybridized carbons (Fsp3) is 0.0943. The van der Waals surface area contributed by atoms with Crippen molar-refractivity contribution in [3.63, 3.8) is 0 Å². The molecule has 0 aliphatic heterocycles. The average molecular weight is 822 g/mol. The van der Waals surface area contributed by atoms with Crippen molar-refractivity contribution in [2.24, 2.45) is 0 Å². The molecule has 9 rings (SSSR count). The maximum absolute atomic E-state index is 4.52. The molecule has 0 saturated carbocycles. The number of benzene rings is 8. The SMILES string of the molecule is Cc1ccc(N(c2ccccc2)c2ccccc2)c([PH+](c2cc(C)ccc2N(c2ccccc2)c2ccccc2)C(C)C)c1.[Cu].c1ccc2c(c1)[n-]c1ccccc12. The Bertz CT molecular complexity index is 2440. The van der Waals surface area contributed by atoms with Crippen LogP contribution in [0.2, 0.25) is 0 Å². The smallest absolute Gasteiger partial charge is 0.121 e. The Morgan fingerprint density at radius 2 is 0.707 bits per heavy atom.